The topological polar surface area (TPSA) is 96.2 Å². The van der Waals surface area contributed by atoms with Gasteiger partial charge < -0.3 is 15.5 Å². The molecule has 2 N–H and O–H groups in total. The number of fused-ring (bicyclic) bond motifs is 1. The van der Waals surface area contributed by atoms with Gasteiger partial charge in [-0.05, 0) is 67.2 Å². The first kappa shape index (κ1) is 19.2. The highest BCUT2D eigenvalue weighted by Crippen LogP contribution is 2.24. The van der Waals surface area contributed by atoms with Gasteiger partial charge >= 0.3 is 0 Å². The first-order valence-electron chi connectivity index (χ1n) is 9.93. The van der Waals surface area contributed by atoms with Crippen LogP contribution in [0, 0.1) is 6.92 Å². The third-order valence-corrected chi connectivity index (χ3v) is 5.38. The largest absolute Gasteiger partial charge is 0.377 e. The minimum Gasteiger partial charge on any atom is -0.377 e. The number of carbonyl (C=O) groups excluding carboxylic acids is 1. The van der Waals surface area contributed by atoms with Crippen molar-refractivity contribution in [3.05, 3.63) is 41.6 Å². The van der Waals surface area contributed by atoms with Crippen LogP contribution in [0.15, 0.2) is 35.0 Å². The molecule has 0 saturated heterocycles. The molecule has 0 spiro atoms. The molecular formula is C21H26N6O2. The van der Waals surface area contributed by atoms with E-state index in [0.717, 1.165) is 42.9 Å². The molecule has 0 radical (unpaired) electrons. The fourth-order valence-corrected chi connectivity index (χ4v) is 3.77. The molecule has 0 bridgehead atoms. The van der Waals surface area contributed by atoms with E-state index in [1.165, 1.54) is 0 Å². The number of nitrogens with one attached hydrogen (secondary N) is 2. The summed E-state index contributed by atoms with van der Waals surface area (Å²) in [6, 6.07) is 9.90. The van der Waals surface area contributed by atoms with Crippen molar-refractivity contribution < 1.29 is 9.42 Å². The van der Waals surface area contributed by atoms with Crippen LogP contribution >= 0.6 is 0 Å². The molecule has 4 rings (SSSR count). The van der Waals surface area contributed by atoms with Gasteiger partial charge in [-0.2, -0.15) is 0 Å². The molecule has 0 aliphatic heterocycles. The Balaban J connectivity index is 1.32. The molecule has 1 aliphatic rings. The van der Waals surface area contributed by atoms with Crippen LogP contribution in [0.3, 0.4) is 0 Å². The summed E-state index contributed by atoms with van der Waals surface area (Å²) in [4.78, 5) is 19.3. The Labute approximate surface area is 169 Å². The second-order valence-corrected chi connectivity index (χ2v) is 7.88. The Bertz CT molecular complexity index is 1010. The zero-order valence-corrected chi connectivity index (χ0v) is 17.0. The van der Waals surface area contributed by atoms with Crippen molar-refractivity contribution >= 4 is 28.4 Å². The van der Waals surface area contributed by atoms with Gasteiger partial charge in [0.15, 0.2) is 0 Å². The average molecular weight is 394 g/mol. The quantitative estimate of drug-likeness (QED) is 0.686. The SMILES string of the molecule is Cc1cc(N(C)C)cc(NC2CCC(NC(=O)c3ccc4nonc4c3)CC2)n1. The van der Waals surface area contributed by atoms with E-state index in [-0.39, 0.29) is 11.9 Å². The lowest BCUT2D eigenvalue weighted by Gasteiger charge is -2.30. The maximum absolute atomic E-state index is 12.6. The van der Waals surface area contributed by atoms with Gasteiger partial charge in [-0.15, -0.1) is 0 Å². The molecule has 1 fully saturated rings. The molecule has 3 aromatic rings. The summed E-state index contributed by atoms with van der Waals surface area (Å²) >= 11 is 0. The van der Waals surface area contributed by atoms with Gasteiger partial charge in [-0.25, -0.2) is 9.61 Å². The highest BCUT2D eigenvalue weighted by Gasteiger charge is 2.23. The zero-order chi connectivity index (χ0) is 20.4. The van der Waals surface area contributed by atoms with Crippen LogP contribution in [-0.2, 0) is 0 Å². The Hall–Kier alpha value is -3.16. The second kappa shape index (κ2) is 8.06. The van der Waals surface area contributed by atoms with Crippen molar-refractivity contribution in [3.8, 4) is 0 Å². The van der Waals surface area contributed by atoms with Crippen LogP contribution in [-0.4, -0.2) is 47.4 Å². The fraction of sp³-hybridized carbons (Fsp3) is 0.429. The van der Waals surface area contributed by atoms with Gasteiger partial charge in [0, 0.05) is 49.2 Å². The van der Waals surface area contributed by atoms with Crippen LogP contribution in [0.5, 0.6) is 0 Å². The lowest BCUT2D eigenvalue weighted by Crippen LogP contribution is -2.40. The maximum atomic E-state index is 12.6. The van der Waals surface area contributed by atoms with E-state index < -0.39 is 0 Å². The molecule has 2 aromatic heterocycles. The van der Waals surface area contributed by atoms with Gasteiger partial charge in [0.2, 0.25) is 0 Å². The smallest absolute Gasteiger partial charge is 0.251 e. The second-order valence-electron chi connectivity index (χ2n) is 7.88. The summed E-state index contributed by atoms with van der Waals surface area (Å²) in [5, 5.41) is 14.3. The summed E-state index contributed by atoms with van der Waals surface area (Å²) in [7, 11) is 4.06. The highest BCUT2D eigenvalue weighted by atomic mass is 16.6. The first-order chi connectivity index (χ1) is 14.0. The summed E-state index contributed by atoms with van der Waals surface area (Å²) < 4.78 is 4.69. The molecule has 2 heterocycles. The first-order valence-corrected chi connectivity index (χ1v) is 9.93. The standard InChI is InChI=1S/C21H26N6O2/c1-13-10-17(27(2)3)12-20(22-13)23-15-5-7-16(8-6-15)24-21(28)14-4-9-18-19(11-14)26-29-25-18/h4,9-12,15-16H,5-8H2,1-3H3,(H,22,23)(H,24,28). The van der Waals surface area contributed by atoms with Crippen LogP contribution in [0.4, 0.5) is 11.5 Å². The van der Waals surface area contributed by atoms with E-state index >= 15 is 0 Å². The molecule has 1 saturated carbocycles. The Morgan fingerprint density at radius 1 is 1.03 bits per heavy atom. The van der Waals surface area contributed by atoms with E-state index in [1.807, 2.05) is 21.0 Å². The minimum absolute atomic E-state index is 0.0812. The van der Waals surface area contributed by atoms with Gasteiger partial charge in [0.05, 0.1) is 0 Å². The van der Waals surface area contributed by atoms with Crippen LogP contribution in [0.1, 0.15) is 41.7 Å². The molecule has 1 amide bonds. The number of benzene rings is 1. The third-order valence-electron chi connectivity index (χ3n) is 5.38. The zero-order valence-electron chi connectivity index (χ0n) is 17.0. The van der Waals surface area contributed by atoms with Gasteiger partial charge in [-0.1, -0.05) is 0 Å². The van der Waals surface area contributed by atoms with E-state index in [2.05, 4.69) is 43.0 Å². The number of aryl methyl sites for hydroxylation is 1. The molecule has 152 valence electrons. The lowest BCUT2D eigenvalue weighted by atomic mass is 9.91. The number of hydrogen-bond acceptors (Lipinski definition) is 7. The highest BCUT2D eigenvalue weighted by molar-refractivity contribution is 5.97. The van der Waals surface area contributed by atoms with Crippen LogP contribution in [0.2, 0.25) is 0 Å². The number of hydrogen-bond donors (Lipinski definition) is 2. The molecule has 1 aliphatic carbocycles. The van der Waals surface area contributed by atoms with Crippen molar-refractivity contribution in [1.29, 1.82) is 0 Å². The molecule has 8 heteroatoms. The van der Waals surface area contributed by atoms with E-state index in [4.69, 9.17) is 4.63 Å². The van der Waals surface area contributed by atoms with Crippen molar-refractivity contribution in [3.63, 3.8) is 0 Å². The molecule has 0 atom stereocenters. The van der Waals surface area contributed by atoms with Crippen molar-refractivity contribution in [2.24, 2.45) is 0 Å². The normalized spacial score (nSPS) is 19.1. The number of pyridine rings is 1. The number of rotatable bonds is 5. The number of aromatic nitrogens is 3. The summed E-state index contributed by atoms with van der Waals surface area (Å²) in [5.74, 6) is 0.831. The number of carbonyl (C=O) groups is 1. The Morgan fingerprint density at radius 2 is 1.76 bits per heavy atom. The molecular weight excluding hydrogens is 368 g/mol. The number of anilines is 2. The van der Waals surface area contributed by atoms with Gasteiger partial charge in [-0.3, -0.25) is 4.79 Å². The Morgan fingerprint density at radius 3 is 2.52 bits per heavy atom. The van der Waals surface area contributed by atoms with Crippen LogP contribution in [0.25, 0.3) is 11.0 Å². The average Bonchev–Trinajstić information content (AvgIpc) is 3.17. The number of nitrogens with zero attached hydrogens (tertiary/aromatic N) is 4. The van der Waals surface area contributed by atoms with E-state index in [9.17, 15) is 4.79 Å². The Kier molecular flexibility index (Phi) is 5.33. The van der Waals surface area contributed by atoms with Crippen molar-refractivity contribution in [1.82, 2.24) is 20.6 Å². The van der Waals surface area contributed by atoms with E-state index in [1.54, 1.807) is 18.2 Å². The minimum atomic E-state index is -0.0812. The maximum Gasteiger partial charge on any atom is 0.251 e. The van der Waals surface area contributed by atoms with Gasteiger partial charge in [0.1, 0.15) is 16.9 Å². The van der Waals surface area contributed by atoms with Crippen molar-refractivity contribution in [2.45, 2.75) is 44.7 Å². The fourth-order valence-electron chi connectivity index (χ4n) is 3.77. The molecule has 1 aromatic carbocycles. The van der Waals surface area contributed by atoms with Crippen LogP contribution < -0.4 is 15.5 Å². The molecule has 29 heavy (non-hydrogen) atoms. The molecule has 0 unspecified atom stereocenters. The molecule has 8 nitrogen and oxygen atoms in total. The predicted octanol–water partition coefficient (Wildman–Crippen LogP) is 3.15. The summed E-state index contributed by atoms with van der Waals surface area (Å²) in [5.41, 5.74) is 3.96. The monoisotopic (exact) mass is 394 g/mol. The van der Waals surface area contributed by atoms with Gasteiger partial charge in [0.25, 0.3) is 5.91 Å². The lowest BCUT2D eigenvalue weighted by molar-refractivity contribution is 0.0926. The summed E-state index contributed by atoms with van der Waals surface area (Å²) in [6.45, 7) is 2.01. The summed E-state index contributed by atoms with van der Waals surface area (Å²) in [6.07, 6.45) is 3.85. The third kappa shape index (κ3) is 4.47. The predicted molar refractivity (Wildman–Crippen MR) is 112 cm³/mol. The number of amides is 1. The van der Waals surface area contributed by atoms with Crippen molar-refractivity contribution in [2.75, 3.05) is 24.3 Å². The van der Waals surface area contributed by atoms with E-state index in [0.29, 0.717) is 22.6 Å².